The van der Waals surface area contributed by atoms with Crippen LogP contribution >= 0.6 is 0 Å². The van der Waals surface area contributed by atoms with Crippen LogP contribution in [0.25, 0.3) is 22.4 Å². The Labute approximate surface area is 150 Å². The summed E-state index contributed by atoms with van der Waals surface area (Å²) in [4.78, 5) is 19.4. The number of rotatable bonds is 8. The molecule has 0 aliphatic rings. The first-order valence-electron chi connectivity index (χ1n) is 8.28. The molecule has 0 aliphatic heterocycles. The molecule has 136 valence electrons. The largest absolute Gasteiger partial charge is 0.382 e. The number of amides is 1. The fourth-order valence-corrected chi connectivity index (χ4v) is 2.46. The lowest BCUT2D eigenvalue weighted by atomic mass is 10.2. The van der Waals surface area contributed by atoms with Gasteiger partial charge in [0.05, 0.1) is 37.3 Å². The lowest BCUT2D eigenvalue weighted by Gasteiger charge is -2.06. The van der Waals surface area contributed by atoms with Crippen molar-refractivity contribution in [1.29, 1.82) is 0 Å². The number of fused-ring (bicyclic) bond motifs is 1. The molecule has 26 heavy (non-hydrogen) atoms. The second-order valence-electron chi connectivity index (χ2n) is 5.73. The molecule has 0 radical (unpaired) electrons. The first-order valence-corrected chi connectivity index (χ1v) is 8.28. The first-order chi connectivity index (χ1) is 12.7. The zero-order valence-electron chi connectivity index (χ0n) is 14.4. The van der Waals surface area contributed by atoms with Gasteiger partial charge in [-0.05, 0) is 42.5 Å². The van der Waals surface area contributed by atoms with Gasteiger partial charge < -0.3 is 19.8 Å². The Hall–Kier alpha value is -2.77. The van der Waals surface area contributed by atoms with Crippen LogP contribution in [0.1, 0.15) is 6.42 Å². The summed E-state index contributed by atoms with van der Waals surface area (Å²) in [6, 6.07) is 11.7. The summed E-state index contributed by atoms with van der Waals surface area (Å²) in [6.45, 7) is 1.33. The second-order valence-corrected chi connectivity index (χ2v) is 5.73. The van der Waals surface area contributed by atoms with E-state index in [1.54, 1.807) is 25.3 Å². The molecule has 0 fully saturated rings. The summed E-state index contributed by atoms with van der Waals surface area (Å²) in [5.74, 6) is 0.223. The maximum Gasteiger partial charge on any atom is 0.226 e. The minimum atomic E-state index is -0.308. The number of hydrogen-bond acceptors (Lipinski definition) is 4. The van der Waals surface area contributed by atoms with Crippen molar-refractivity contribution in [3.05, 3.63) is 48.3 Å². The molecule has 2 aromatic carbocycles. The Morgan fingerprint density at radius 2 is 1.96 bits per heavy atom. The van der Waals surface area contributed by atoms with Gasteiger partial charge in [0.25, 0.3) is 0 Å². The number of carbonyl (C=O) groups is 1. The molecule has 2 N–H and O–H groups in total. The highest BCUT2D eigenvalue weighted by Crippen LogP contribution is 2.22. The molecule has 0 atom stereocenters. The number of halogens is 1. The lowest BCUT2D eigenvalue weighted by molar-refractivity contribution is -0.117. The van der Waals surface area contributed by atoms with E-state index in [4.69, 9.17) is 9.47 Å². The fraction of sp³-hybridized carbons (Fsp3) is 0.263. The maximum absolute atomic E-state index is 13.3. The third-order valence-corrected chi connectivity index (χ3v) is 3.79. The highest BCUT2D eigenvalue weighted by molar-refractivity contribution is 5.91. The molecule has 1 aromatic heterocycles. The van der Waals surface area contributed by atoms with Crippen molar-refractivity contribution in [1.82, 2.24) is 9.97 Å². The maximum atomic E-state index is 13.3. The predicted molar refractivity (Wildman–Crippen MR) is 97.4 cm³/mol. The van der Waals surface area contributed by atoms with Crippen LogP contribution in [0.3, 0.4) is 0 Å². The molecule has 1 heterocycles. The van der Waals surface area contributed by atoms with E-state index in [-0.39, 0.29) is 18.1 Å². The zero-order valence-corrected chi connectivity index (χ0v) is 14.4. The van der Waals surface area contributed by atoms with E-state index in [1.807, 2.05) is 12.1 Å². The minimum absolute atomic E-state index is 0.116. The van der Waals surface area contributed by atoms with Gasteiger partial charge >= 0.3 is 0 Å². The third kappa shape index (κ3) is 4.65. The van der Waals surface area contributed by atoms with E-state index in [2.05, 4.69) is 15.3 Å². The van der Waals surface area contributed by atoms with Gasteiger partial charge in [0.15, 0.2) is 0 Å². The van der Waals surface area contributed by atoms with Gasteiger partial charge in [0.2, 0.25) is 5.91 Å². The number of aromatic amines is 1. The smallest absolute Gasteiger partial charge is 0.226 e. The van der Waals surface area contributed by atoms with Gasteiger partial charge in [0.1, 0.15) is 11.6 Å². The summed E-state index contributed by atoms with van der Waals surface area (Å²) in [5.41, 5.74) is 2.89. The number of H-pyrrole nitrogens is 1. The van der Waals surface area contributed by atoms with Crippen molar-refractivity contribution in [3.63, 3.8) is 0 Å². The van der Waals surface area contributed by atoms with Crippen molar-refractivity contribution in [2.45, 2.75) is 6.42 Å². The standard InChI is InChI=1S/C19H20FN3O3/c1-25-10-11-26-9-8-18(24)21-15-5-2-13(3-6-15)19-22-16-7-4-14(20)12-17(16)23-19/h2-7,12H,8-11H2,1H3,(H,21,24)(H,22,23). The molecule has 1 amide bonds. The molecular weight excluding hydrogens is 337 g/mol. The number of nitrogens with zero attached hydrogens (tertiary/aromatic N) is 1. The molecular formula is C19H20FN3O3. The normalized spacial score (nSPS) is 11.0. The zero-order chi connectivity index (χ0) is 18.4. The van der Waals surface area contributed by atoms with Crippen LogP contribution in [-0.2, 0) is 14.3 Å². The van der Waals surface area contributed by atoms with Crippen LogP contribution in [0, 0.1) is 5.82 Å². The van der Waals surface area contributed by atoms with E-state index < -0.39 is 0 Å². The summed E-state index contributed by atoms with van der Waals surface area (Å²) in [5, 5.41) is 2.82. The van der Waals surface area contributed by atoms with Crippen LogP contribution in [0.4, 0.5) is 10.1 Å². The number of ether oxygens (including phenoxy) is 2. The van der Waals surface area contributed by atoms with Crippen molar-refractivity contribution < 1.29 is 18.7 Å². The van der Waals surface area contributed by atoms with E-state index >= 15 is 0 Å². The SMILES string of the molecule is COCCOCCC(=O)Nc1ccc(-c2nc3ccc(F)cc3[nH]2)cc1. The van der Waals surface area contributed by atoms with Crippen LogP contribution in [0.15, 0.2) is 42.5 Å². The Balaban J connectivity index is 1.58. The Morgan fingerprint density at radius 1 is 1.15 bits per heavy atom. The van der Waals surface area contributed by atoms with E-state index in [0.29, 0.717) is 42.4 Å². The molecule has 0 saturated heterocycles. The van der Waals surface area contributed by atoms with Crippen LogP contribution in [-0.4, -0.2) is 42.8 Å². The number of methoxy groups -OCH3 is 1. The molecule has 3 rings (SSSR count). The van der Waals surface area contributed by atoms with Crippen molar-refractivity contribution >= 4 is 22.6 Å². The second kappa shape index (κ2) is 8.55. The van der Waals surface area contributed by atoms with Gasteiger partial charge in [-0.2, -0.15) is 0 Å². The first kappa shape index (κ1) is 18.0. The van der Waals surface area contributed by atoms with Crippen molar-refractivity contribution in [2.75, 3.05) is 32.2 Å². The summed E-state index contributed by atoms with van der Waals surface area (Å²) in [7, 11) is 1.60. The van der Waals surface area contributed by atoms with Crippen LogP contribution in [0.5, 0.6) is 0 Å². The summed E-state index contributed by atoms with van der Waals surface area (Å²) >= 11 is 0. The number of aromatic nitrogens is 2. The van der Waals surface area contributed by atoms with E-state index in [1.165, 1.54) is 12.1 Å². The Kier molecular flexibility index (Phi) is 5.93. The summed E-state index contributed by atoms with van der Waals surface area (Å²) in [6.07, 6.45) is 0.278. The Morgan fingerprint density at radius 3 is 2.73 bits per heavy atom. The predicted octanol–water partition coefficient (Wildman–Crippen LogP) is 3.36. The van der Waals surface area contributed by atoms with Gasteiger partial charge in [-0.3, -0.25) is 4.79 Å². The highest BCUT2D eigenvalue weighted by atomic mass is 19.1. The van der Waals surface area contributed by atoms with Gasteiger partial charge in [-0.25, -0.2) is 9.37 Å². The number of benzene rings is 2. The van der Waals surface area contributed by atoms with Gasteiger partial charge in [-0.15, -0.1) is 0 Å². The van der Waals surface area contributed by atoms with E-state index in [0.717, 1.165) is 5.56 Å². The minimum Gasteiger partial charge on any atom is -0.382 e. The average Bonchev–Trinajstić information content (AvgIpc) is 3.05. The topological polar surface area (TPSA) is 76.2 Å². The van der Waals surface area contributed by atoms with Gasteiger partial charge in [0, 0.05) is 18.4 Å². The van der Waals surface area contributed by atoms with Crippen molar-refractivity contribution in [3.8, 4) is 11.4 Å². The summed E-state index contributed by atoms with van der Waals surface area (Å²) < 4.78 is 23.4. The number of anilines is 1. The van der Waals surface area contributed by atoms with Crippen LogP contribution in [0.2, 0.25) is 0 Å². The Bertz CT molecular complexity index is 877. The molecule has 0 bridgehead atoms. The molecule has 0 aliphatic carbocycles. The molecule has 0 unspecified atom stereocenters. The molecule has 0 saturated carbocycles. The number of hydrogen-bond donors (Lipinski definition) is 2. The number of carbonyl (C=O) groups excluding carboxylic acids is 1. The highest BCUT2D eigenvalue weighted by Gasteiger charge is 2.07. The van der Waals surface area contributed by atoms with Gasteiger partial charge in [-0.1, -0.05) is 0 Å². The molecule has 6 nitrogen and oxygen atoms in total. The lowest BCUT2D eigenvalue weighted by Crippen LogP contribution is -2.15. The molecule has 3 aromatic rings. The van der Waals surface area contributed by atoms with Crippen molar-refractivity contribution in [2.24, 2.45) is 0 Å². The third-order valence-electron chi connectivity index (χ3n) is 3.79. The number of imidazole rings is 1. The fourth-order valence-electron chi connectivity index (χ4n) is 2.46. The average molecular weight is 357 g/mol. The molecule has 0 spiro atoms. The van der Waals surface area contributed by atoms with E-state index in [9.17, 15) is 9.18 Å². The molecule has 7 heteroatoms. The quantitative estimate of drug-likeness (QED) is 0.606. The van der Waals surface area contributed by atoms with Crippen LogP contribution < -0.4 is 5.32 Å². The monoisotopic (exact) mass is 357 g/mol. The number of nitrogens with one attached hydrogen (secondary N) is 2.